The average molecular weight is 330 g/mol. The van der Waals surface area contributed by atoms with Gasteiger partial charge in [0, 0.05) is 12.3 Å². The summed E-state index contributed by atoms with van der Waals surface area (Å²) in [5.41, 5.74) is 0.729. The molecule has 0 atom stereocenters. The molecule has 118 valence electrons. The first-order chi connectivity index (χ1) is 9.77. The summed E-state index contributed by atoms with van der Waals surface area (Å²) in [5, 5.41) is 4.00. The summed E-state index contributed by atoms with van der Waals surface area (Å²) >= 11 is 6.19. The highest BCUT2D eigenvalue weighted by atomic mass is 35.5. The van der Waals surface area contributed by atoms with E-state index in [1.165, 1.54) is 19.1 Å². The molecule has 1 saturated carbocycles. The lowest BCUT2D eigenvalue weighted by Gasteiger charge is -2.32. The van der Waals surface area contributed by atoms with Gasteiger partial charge in [0.2, 0.25) is 0 Å². The standard InChI is InChI=1S/C16H24ClNO2S/c1-11(2)12-4-6-13(7-5-12)18-16-10-14(21(3,19)20)8-9-15(16)17/h8-13,18H,4-7H2,1-3H3. The van der Waals surface area contributed by atoms with Crippen molar-refractivity contribution in [3.8, 4) is 0 Å². The molecular weight excluding hydrogens is 306 g/mol. The maximum atomic E-state index is 11.6. The summed E-state index contributed by atoms with van der Waals surface area (Å²) in [6, 6.07) is 5.23. The monoisotopic (exact) mass is 329 g/mol. The van der Waals surface area contributed by atoms with Gasteiger partial charge in [0.1, 0.15) is 0 Å². The number of halogens is 1. The van der Waals surface area contributed by atoms with E-state index in [2.05, 4.69) is 19.2 Å². The summed E-state index contributed by atoms with van der Waals surface area (Å²) in [4.78, 5) is 0.310. The van der Waals surface area contributed by atoms with Crippen LogP contribution in [0, 0.1) is 11.8 Å². The highest BCUT2D eigenvalue weighted by Gasteiger charge is 2.23. The van der Waals surface area contributed by atoms with E-state index in [-0.39, 0.29) is 0 Å². The predicted molar refractivity (Wildman–Crippen MR) is 88.8 cm³/mol. The van der Waals surface area contributed by atoms with Crippen molar-refractivity contribution in [3.63, 3.8) is 0 Å². The summed E-state index contributed by atoms with van der Waals surface area (Å²) in [6.07, 6.45) is 5.88. The number of sulfone groups is 1. The zero-order chi connectivity index (χ0) is 15.6. The van der Waals surface area contributed by atoms with Gasteiger partial charge in [-0.15, -0.1) is 0 Å². The fourth-order valence-corrected chi connectivity index (χ4v) is 3.82. The molecule has 2 rings (SSSR count). The normalized spacial score (nSPS) is 23.3. The zero-order valence-electron chi connectivity index (χ0n) is 12.9. The molecule has 1 N–H and O–H groups in total. The quantitative estimate of drug-likeness (QED) is 0.892. The topological polar surface area (TPSA) is 46.2 Å². The van der Waals surface area contributed by atoms with Gasteiger partial charge in [0.25, 0.3) is 0 Å². The van der Waals surface area contributed by atoms with Gasteiger partial charge in [-0.1, -0.05) is 25.4 Å². The molecule has 0 aliphatic heterocycles. The Hall–Kier alpha value is -0.740. The van der Waals surface area contributed by atoms with Crippen LogP contribution in [0.3, 0.4) is 0 Å². The fourth-order valence-electron chi connectivity index (χ4n) is 3.00. The second kappa shape index (κ2) is 6.57. The van der Waals surface area contributed by atoms with Crippen molar-refractivity contribution in [2.24, 2.45) is 11.8 Å². The van der Waals surface area contributed by atoms with Gasteiger partial charge in [-0.05, 0) is 55.7 Å². The lowest BCUT2D eigenvalue weighted by atomic mass is 9.79. The van der Waals surface area contributed by atoms with Gasteiger partial charge >= 0.3 is 0 Å². The average Bonchev–Trinajstić information content (AvgIpc) is 2.40. The van der Waals surface area contributed by atoms with Crippen molar-refractivity contribution < 1.29 is 8.42 Å². The lowest BCUT2D eigenvalue weighted by molar-refractivity contribution is 0.267. The van der Waals surface area contributed by atoms with E-state index in [4.69, 9.17) is 11.6 Å². The summed E-state index contributed by atoms with van der Waals surface area (Å²) < 4.78 is 23.3. The van der Waals surface area contributed by atoms with Gasteiger partial charge in [0.05, 0.1) is 15.6 Å². The first-order valence-corrected chi connectivity index (χ1v) is 9.80. The molecular formula is C16H24ClNO2S. The fraction of sp³-hybridized carbons (Fsp3) is 0.625. The molecule has 1 aliphatic rings. The molecule has 21 heavy (non-hydrogen) atoms. The number of hydrogen-bond donors (Lipinski definition) is 1. The Morgan fingerprint density at radius 1 is 1.19 bits per heavy atom. The van der Waals surface area contributed by atoms with Crippen LogP contribution in [0.2, 0.25) is 5.02 Å². The molecule has 0 aromatic heterocycles. The maximum Gasteiger partial charge on any atom is 0.175 e. The number of rotatable bonds is 4. The van der Waals surface area contributed by atoms with E-state index < -0.39 is 9.84 Å². The Morgan fingerprint density at radius 3 is 2.33 bits per heavy atom. The molecule has 3 nitrogen and oxygen atoms in total. The number of hydrogen-bond acceptors (Lipinski definition) is 3. The minimum Gasteiger partial charge on any atom is -0.381 e. The largest absolute Gasteiger partial charge is 0.381 e. The second-order valence-electron chi connectivity index (χ2n) is 6.41. The van der Waals surface area contributed by atoms with E-state index in [0.29, 0.717) is 16.0 Å². The van der Waals surface area contributed by atoms with Crippen LogP contribution in [0.25, 0.3) is 0 Å². The van der Waals surface area contributed by atoms with Crippen LogP contribution in [0.15, 0.2) is 23.1 Å². The summed E-state index contributed by atoms with van der Waals surface area (Å²) in [6.45, 7) is 4.57. The van der Waals surface area contributed by atoms with Crippen molar-refractivity contribution in [1.82, 2.24) is 0 Å². The molecule has 0 spiro atoms. The zero-order valence-corrected chi connectivity index (χ0v) is 14.5. The lowest BCUT2D eigenvalue weighted by Crippen LogP contribution is -2.28. The van der Waals surface area contributed by atoms with E-state index in [1.54, 1.807) is 18.2 Å². The Morgan fingerprint density at radius 2 is 1.81 bits per heavy atom. The molecule has 1 fully saturated rings. The van der Waals surface area contributed by atoms with Crippen LogP contribution in [-0.4, -0.2) is 20.7 Å². The summed E-state index contributed by atoms with van der Waals surface area (Å²) in [5.74, 6) is 1.55. The van der Waals surface area contributed by atoms with Crippen LogP contribution in [0.1, 0.15) is 39.5 Å². The van der Waals surface area contributed by atoms with Gasteiger partial charge in [-0.2, -0.15) is 0 Å². The molecule has 0 radical (unpaired) electrons. The highest BCUT2D eigenvalue weighted by molar-refractivity contribution is 7.90. The molecule has 1 aromatic carbocycles. The van der Waals surface area contributed by atoms with E-state index >= 15 is 0 Å². The van der Waals surface area contributed by atoms with E-state index in [0.717, 1.165) is 30.4 Å². The van der Waals surface area contributed by atoms with Crippen molar-refractivity contribution in [1.29, 1.82) is 0 Å². The molecule has 0 unspecified atom stereocenters. The molecule has 0 bridgehead atoms. The Balaban J connectivity index is 2.07. The maximum absolute atomic E-state index is 11.6. The van der Waals surface area contributed by atoms with Crippen molar-refractivity contribution in [2.75, 3.05) is 11.6 Å². The third kappa shape index (κ3) is 4.36. The first-order valence-electron chi connectivity index (χ1n) is 7.53. The molecule has 0 saturated heterocycles. The van der Waals surface area contributed by atoms with Gasteiger partial charge in [-0.25, -0.2) is 8.42 Å². The second-order valence-corrected chi connectivity index (χ2v) is 8.84. The third-order valence-electron chi connectivity index (χ3n) is 4.44. The smallest absolute Gasteiger partial charge is 0.175 e. The SMILES string of the molecule is CC(C)C1CCC(Nc2cc(S(C)(=O)=O)ccc2Cl)CC1. The van der Waals surface area contributed by atoms with Gasteiger partial charge in [0.15, 0.2) is 9.84 Å². The van der Waals surface area contributed by atoms with Crippen LogP contribution < -0.4 is 5.32 Å². The molecule has 1 aliphatic carbocycles. The van der Waals surface area contributed by atoms with Crippen molar-refractivity contribution >= 4 is 27.1 Å². The molecule has 5 heteroatoms. The third-order valence-corrected chi connectivity index (χ3v) is 5.88. The van der Waals surface area contributed by atoms with Crippen molar-refractivity contribution in [2.45, 2.75) is 50.5 Å². The molecule has 1 aromatic rings. The van der Waals surface area contributed by atoms with Crippen LogP contribution in [0.5, 0.6) is 0 Å². The number of nitrogens with one attached hydrogen (secondary N) is 1. The highest BCUT2D eigenvalue weighted by Crippen LogP contribution is 2.33. The van der Waals surface area contributed by atoms with Crippen LogP contribution in [0.4, 0.5) is 5.69 Å². The Bertz CT molecular complexity index is 590. The predicted octanol–water partition coefficient (Wildman–Crippen LogP) is 4.37. The molecule has 0 amide bonds. The summed E-state index contributed by atoms with van der Waals surface area (Å²) in [7, 11) is -3.20. The first kappa shape index (κ1) is 16.6. The Kier molecular flexibility index (Phi) is 5.20. The van der Waals surface area contributed by atoms with Gasteiger partial charge in [-0.3, -0.25) is 0 Å². The van der Waals surface area contributed by atoms with Crippen molar-refractivity contribution in [3.05, 3.63) is 23.2 Å². The minimum absolute atomic E-state index is 0.310. The van der Waals surface area contributed by atoms with Gasteiger partial charge < -0.3 is 5.32 Å². The van der Waals surface area contributed by atoms with Crippen LogP contribution >= 0.6 is 11.6 Å². The van der Waals surface area contributed by atoms with Crippen LogP contribution in [-0.2, 0) is 9.84 Å². The number of anilines is 1. The van der Waals surface area contributed by atoms with E-state index in [1.807, 2.05) is 0 Å². The number of benzene rings is 1. The Labute approximate surface area is 133 Å². The molecule has 0 heterocycles. The van der Waals surface area contributed by atoms with E-state index in [9.17, 15) is 8.42 Å². The minimum atomic E-state index is -3.20.